The van der Waals surface area contributed by atoms with E-state index in [0.717, 1.165) is 65.1 Å². The van der Waals surface area contributed by atoms with E-state index in [4.69, 9.17) is 0 Å². The third kappa shape index (κ3) is 25.3. The quantitative estimate of drug-likeness (QED) is 0.116. The van der Waals surface area contributed by atoms with E-state index < -0.39 is 0 Å². The lowest BCUT2D eigenvalue weighted by Gasteiger charge is -2.25. The third-order valence-electron chi connectivity index (χ3n) is 6.81. The van der Waals surface area contributed by atoms with Gasteiger partial charge in [0, 0.05) is 65.1 Å². The first kappa shape index (κ1) is 37.1. The molecule has 0 atom stereocenters. The molecule has 38 heavy (non-hydrogen) atoms. The summed E-state index contributed by atoms with van der Waals surface area (Å²) in [6.07, 6.45) is 13.0. The highest BCUT2D eigenvalue weighted by Crippen LogP contribution is 2.12. The van der Waals surface area contributed by atoms with Crippen LogP contribution in [-0.2, 0) is 9.59 Å². The van der Waals surface area contributed by atoms with Crippen LogP contribution in [0.1, 0.15) is 132 Å². The molecular formula is C33H67N3O2. The molecule has 1 amide bonds. The first-order chi connectivity index (χ1) is 18.0. The average Bonchev–Trinajstić information content (AvgIpc) is 2.80. The lowest BCUT2D eigenvalue weighted by molar-refractivity contribution is -0.121. The zero-order valence-corrected chi connectivity index (χ0v) is 27.0. The van der Waals surface area contributed by atoms with Gasteiger partial charge in [-0.05, 0) is 36.5 Å². The predicted octanol–water partition coefficient (Wildman–Crippen LogP) is 7.58. The van der Waals surface area contributed by atoms with Crippen LogP contribution in [0, 0.1) is 23.7 Å². The van der Waals surface area contributed by atoms with Crippen molar-refractivity contribution in [3.05, 3.63) is 0 Å². The molecule has 0 aromatic carbocycles. The van der Waals surface area contributed by atoms with Gasteiger partial charge in [0.2, 0.25) is 5.91 Å². The van der Waals surface area contributed by atoms with Crippen molar-refractivity contribution >= 4 is 11.7 Å². The van der Waals surface area contributed by atoms with Crippen molar-refractivity contribution in [2.75, 3.05) is 45.8 Å². The number of amides is 1. The second-order valence-corrected chi connectivity index (χ2v) is 13.4. The highest BCUT2D eigenvalue weighted by molar-refractivity contribution is 5.78. The smallest absolute Gasteiger partial charge is 0.221 e. The van der Waals surface area contributed by atoms with Gasteiger partial charge in [0.1, 0.15) is 5.78 Å². The van der Waals surface area contributed by atoms with Crippen LogP contribution in [0.25, 0.3) is 0 Å². The van der Waals surface area contributed by atoms with Crippen molar-refractivity contribution < 1.29 is 9.59 Å². The van der Waals surface area contributed by atoms with Crippen LogP contribution in [0.2, 0.25) is 0 Å². The van der Waals surface area contributed by atoms with Crippen LogP contribution in [0.4, 0.5) is 0 Å². The molecular weight excluding hydrogens is 470 g/mol. The van der Waals surface area contributed by atoms with E-state index >= 15 is 0 Å². The molecule has 1 N–H and O–H groups in total. The second kappa shape index (κ2) is 23.9. The summed E-state index contributed by atoms with van der Waals surface area (Å²) in [5.41, 5.74) is 0. The molecule has 0 rings (SSSR count). The predicted molar refractivity (Wildman–Crippen MR) is 166 cm³/mol. The number of carbonyl (C=O) groups is 2. The summed E-state index contributed by atoms with van der Waals surface area (Å²) in [5.74, 6) is 3.22. The number of rotatable bonds is 26. The summed E-state index contributed by atoms with van der Waals surface area (Å²) in [7, 11) is 0. The van der Waals surface area contributed by atoms with Crippen molar-refractivity contribution in [3.8, 4) is 0 Å². The topological polar surface area (TPSA) is 52.7 Å². The zero-order valence-electron chi connectivity index (χ0n) is 27.0. The molecule has 0 aliphatic heterocycles. The summed E-state index contributed by atoms with van der Waals surface area (Å²) < 4.78 is 0. The molecule has 0 aliphatic carbocycles. The normalized spacial score (nSPS) is 12.2. The van der Waals surface area contributed by atoms with E-state index in [0.29, 0.717) is 42.3 Å². The Morgan fingerprint density at radius 3 is 1.29 bits per heavy atom. The molecule has 0 fully saturated rings. The molecule has 0 unspecified atom stereocenters. The Kier molecular flexibility index (Phi) is 23.3. The van der Waals surface area contributed by atoms with Gasteiger partial charge in [0.15, 0.2) is 0 Å². The highest BCUT2D eigenvalue weighted by Gasteiger charge is 2.13. The second-order valence-electron chi connectivity index (χ2n) is 13.4. The van der Waals surface area contributed by atoms with Crippen molar-refractivity contribution in [2.24, 2.45) is 23.7 Å². The maximum absolute atomic E-state index is 12.3. The summed E-state index contributed by atoms with van der Waals surface area (Å²) in [6, 6.07) is 0. The Morgan fingerprint density at radius 1 is 0.500 bits per heavy atom. The maximum atomic E-state index is 12.3. The number of carbonyl (C=O) groups excluding carboxylic acids is 2. The maximum Gasteiger partial charge on any atom is 0.221 e. The first-order valence-electron chi connectivity index (χ1n) is 16.2. The van der Waals surface area contributed by atoms with Crippen molar-refractivity contribution in [1.82, 2.24) is 15.1 Å². The Morgan fingerprint density at radius 2 is 0.868 bits per heavy atom. The van der Waals surface area contributed by atoms with Gasteiger partial charge in [0.05, 0.1) is 0 Å². The molecule has 0 bridgehead atoms. The molecule has 0 saturated carbocycles. The van der Waals surface area contributed by atoms with E-state index in [9.17, 15) is 9.59 Å². The molecule has 0 aliphatic rings. The lowest BCUT2D eigenvalue weighted by Crippen LogP contribution is -2.35. The van der Waals surface area contributed by atoms with E-state index in [1.807, 2.05) is 0 Å². The van der Waals surface area contributed by atoms with Gasteiger partial charge >= 0.3 is 0 Å². The minimum atomic E-state index is 0.199. The summed E-state index contributed by atoms with van der Waals surface area (Å²) in [5, 5.41) is 3.11. The van der Waals surface area contributed by atoms with Crippen LogP contribution in [0.5, 0.6) is 0 Å². The van der Waals surface area contributed by atoms with Gasteiger partial charge in [-0.1, -0.05) is 100 Å². The van der Waals surface area contributed by atoms with E-state index in [1.165, 1.54) is 44.9 Å². The van der Waals surface area contributed by atoms with Crippen molar-refractivity contribution in [3.63, 3.8) is 0 Å². The van der Waals surface area contributed by atoms with Crippen LogP contribution in [0.3, 0.4) is 0 Å². The number of ketones is 1. The minimum Gasteiger partial charge on any atom is -0.356 e. The SMILES string of the molecule is CC(C)CN(CCC(=O)CCCCCCCCCCCNC(=O)CCN(CC(C)C)CC(C)C)CC(C)C. The van der Waals surface area contributed by atoms with Crippen LogP contribution in [0.15, 0.2) is 0 Å². The molecule has 0 saturated heterocycles. The fraction of sp³-hybridized carbons (Fsp3) is 0.939. The molecule has 5 heteroatoms. The molecule has 5 nitrogen and oxygen atoms in total. The molecule has 0 spiro atoms. The number of nitrogens with zero attached hydrogens (tertiary/aromatic N) is 2. The Bertz CT molecular complexity index is 505. The third-order valence-corrected chi connectivity index (χ3v) is 6.81. The summed E-state index contributed by atoms with van der Waals surface area (Å²) in [4.78, 5) is 29.4. The van der Waals surface area contributed by atoms with E-state index in [2.05, 4.69) is 70.5 Å². The number of unbranched alkanes of at least 4 members (excludes halogenated alkanes) is 8. The van der Waals surface area contributed by atoms with Crippen molar-refractivity contribution in [2.45, 2.75) is 132 Å². The number of nitrogens with one attached hydrogen (secondary N) is 1. The zero-order chi connectivity index (χ0) is 28.8. The van der Waals surface area contributed by atoms with Gasteiger partial charge in [-0.2, -0.15) is 0 Å². The van der Waals surface area contributed by atoms with Gasteiger partial charge in [-0.25, -0.2) is 0 Å². The first-order valence-corrected chi connectivity index (χ1v) is 16.2. The minimum absolute atomic E-state index is 0.199. The van der Waals surface area contributed by atoms with Crippen LogP contribution in [-0.4, -0.2) is 67.3 Å². The molecule has 226 valence electrons. The fourth-order valence-electron chi connectivity index (χ4n) is 5.25. The van der Waals surface area contributed by atoms with Gasteiger partial charge in [-0.3, -0.25) is 9.59 Å². The summed E-state index contributed by atoms with van der Waals surface area (Å²) in [6.45, 7) is 24.9. The lowest BCUT2D eigenvalue weighted by atomic mass is 10.0. The van der Waals surface area contributed by atoms with Crippen LogP contribution >= 0.6 is 0 Å². The monoisotopic (exact) mass is 538 g/mol. The van der Waals surface area contributed by atoms with E-state index in [-0.39, 0.29) is 5.91 Å². The number of hydrogen-bond acceptors (Lipinski definition) is 4. The molecule has 0 aromatic heterocycles. The van der Waals surface area contributed by atoms with E-state index in [1.54, 1.807) is 0 Å². The van der Waals surface area contributed by atoms with Crippen molar-refractivity contribution in [1.29, 1.82) is 0 Å². The number of hydrogen-bond donors (Lipinski definition) is 1. The highest BCUT2D eigenvalue weighted by atomic mass is 16.1. The standard InChI is InChI=1S/C33H67N3O2/c1-28(2)24-35(25-29(3)4)22-19-32(37)18-16-14-12-10-9-11-13-15-17-21-34-33(38)20-23-36(26-30(5)6)27-31(7)8/h28-31H,9-27H2,1-8H3,(H,34,38). The fourth-order valence-corrected chi connectivity index (χ4v) is 5.25. The number of Topliss-reactive ketones (excluding diaryl/α,β-unsaturated/α-hetero) is 1. The molecule has 0 aromatic rings. The Hall–Kier alpha value is -0.940. The van der Waals surface area contributed by atoms with Gasteiger partial charge in [-0.15, -0.1) is 0 Å². The average molecular weight is 538 g/mol. The van der Waals surface area contributed by atoms with Crippen LogP contribution < -0.4 is 5.32 Å². The molecule has 0 radical (unpaired) electrons. The molecule has 0 heterocycles. The van der Waals surface area contributed by atoms with Gasteiger partial charge in [0.25, 0.3) is 0 Å². The Balaban J connectivity index is 3.65. The largest absolute Gasteiger partial charge is 0.356 e. The summed E-state index contributed by atoms with van der Waals surface area (Å²) >= 11 is 0. The Labute approximate surface area is 238 Å². The van der Waals surface area contributed by atoms with Gasteiger partial charge < -0.3 is 15.1 Å².